The first-order valence-corrected chi connectivity index (χ1v) is 12.0. The van der Waals surface area contributed by atoms with Crippen molar-refractivity contribution in [2.45, 2.75) is 13.8 Å². The number of carbonyl (C=O) groups excluding carboxylic acids is 3. The van der Waals surface area contributed by atoms with Gasteiger partial charge in [-0.3, -0.25) is 14.4 Å². The quantitative estimate of drug-likeness (QED) is 0.149. The van der Waals surface area contributed by atoms with Crippen LogP contribution in [-0.2, 0) is 14.4 Å². The number of aryl methyl sites for hydroxylation is 2. The molecule has 0 aliphatic heterocycles. The number of rotatable bonds is 11. The van der Waals surface area contributed by atoms with Crippen LogP contribution in [0.15, 0.2) is 78.4 Å². The van der Waals surface area contributed by atoms with Crippen LogP contribution in [0.1, 0.15) is 16.7 Å². The Morgan fingerprint density at radius 1 is 0.897 bits per heavy atom. The lowest BCUT2D eigenvalue weighted by Crippen LogP contribution is -2.32. The molecule has 10 heteroatoms. The molecule has 0 fully saturated rings. The van der Waals surface area contributed by atoms with Crippen molar-refractivity contribution in [2.75, 3.05) is 31.0 Å². The molecule has 3 aromatic carbocycles. The molecule has 202 valence electrons. The summed E-state index contributed by atoms with van der Waals surface area (Å²) < 4.78 is 16.4. The molecular weight excluding hydrogens is 500 g/mol. The van der Waals surface area contributed by atoms with Gasteiger partial charge in [0.15, 0.2) is 18.1 Å². The Bertz CT molecular complexity index is 1350. The first-order valence-electron chi connectivity index (χ1n) is 12.0. The minimum Gasteiger partial charge on any atom is -0.493 e. The van der Waals surface area contributed by atoms with Gasteiger partial charge >= 0.3 is 11.8 Å². The highest BCUT2D eigenvalue weighted by atomic mass is 16.5. The van der Waals surface area contributed by atoms with E-state index in [0.717, 1.165) is 16.8 Å². The van der Waals surface area contributed by atoms with Crippen LogP contribution < -0.4 is 30.3 Å². The second kappa shape index (κ2) is 14.0. The molecule has 10 nitrogen and oxygen atoms in total. The third kappa shape index (κ3) is 8.46. The summed E-state index contributed by atoms with van der Waals surface area (Å²) in [5.74, 6) is -0.807. The van der Waals surface area contributed by atoms with Gasteiger partial charge in [-0.15, -0.1) is 0 Å². The molecule has 3 rings (SSSR count). The van der Waals surface area contributed by atoms with E-state index in [1.807, 2.05) is 32.0 Å². The fraction of sp³-hybridized carbons (Fsp3) is 0.172. The van der Waals surface area contributed by atoms with Gasteiger partial charge in [-0.1, -0.05) is 30.9 Å². The van der Waals surface area contributed by atoms with E-state index in [0.29, 0.717) is 35.1 Å². The minimum atomic E-state index is -0.944. The van der Waals surface area contributed by atoms with Gasteiger partial charge in [-0.05, 0) is 73.0 Å². The first-order chi connectivity index (χ1) is 18.8. The Morgan fingerprint density at radius 3 is 2.28 bits per heavy atom. The predicted octanol–water partition coefficient (Wildman–Crippen LogP) is 3.98. The Balaban J connectivity index is 1.51. The minimum absolute atomic E-state index is 0.215. The zero-order chi connectivity index (χ0) is 28.2. The van der Waals surface area contributed by atoms with Crippen molar-refractivity contribution in [3.8, 4) is 17.2 Å². The number of carbonyl (C=O) groups is 3. The smallest absolute Gasteiger partial charge is 0.329 e. The SMILES string of the molecule is C=CCOc1ccc(NC(=O)C(=O)N/N=C\c2ccc(OCC(=O)Nc3c(C)cccc3C)c(OC)c2)cc1. The Hall–Kier alpha value is -5.12. The van der Waals surface area contributed by atoms with Crippen LogP contribution >= 0.6 is 0 Å². The summed E-state index contributed by atoms with van der Waals surface area (Å²) in [6.07, 6.45) is 2.96. The van der Waals surface area contributed by atoms with Crippen LogP contribution in [0.4, 0.5) is 11.4 Å². The van der Waals surface area contributed by atoms with E-state index >= 15 is 0 Å². The molecular formula is C29H30N4O6. The van der Waals surface area contributed by atoms with Crippen molar-refractivity contribution in [3.05, 3.63) is 90.0 Å². The molecule has 0 aliphatic rings. The Kier molecular flexibility index (Phi) is 10.2. The van der Waals surface area contributed by atoms with Gasteiger partial charge in [-0.2, -0.15) is 5.10 Å². The number of nitrogens with zero attached hydrogens (tertiary/aromatic N) is 1. The predicted molar refractivity (Wildman–Crippen MR) is 150 cm³/mol. The van der Waals surface area contributed by atoms with Crippen LogP contribution in [0, 0.1) is 13.8 Å². The lowest BCUT2D eigenvalue weighted by Gasteiger charge is -2.13. The normalized spacial score (nSPS) is 10.4. The standard InChI is InChI=1S/C29H30N4O6/c1-5-15-38-23-12-10-22(11-13-23)31-28(35)29(36)33-30-17-21-9-14-24(25(16-21)37-4)39-18-26(34)32-27-19(2)7-6-8-20(27)3/h5-14,16-17H,1,15,18H2,2-4H3,(H,31,35)(H,32,34)(H,33,36)/b30-17-. The maximum Gasteiger partial charge on any atom is 0.329 e. The summed E-state index contributed by atoms with van der Waals surface area (Å²) in [7, 11) is 1.46. The zero-order valence-corrected chi connectivity index (χ0v) is 21.9. The van der Waals surface area contributed by atoms with E-state index in [1.165, 1.54) is 13.3 Å². The fourth-order valence-electron chi connectivity index (χ4n) is 3.41. The third-order valence-corrected chi connectivity index (χ3v) is 5.36. The van der Waals surface area contributed by atoms with Crippen molar-refractivity contribution < 1.29 is 28.6 Å². The van der Waals surface area contributed by atoms with E-state index in [-0.39, 0.29) is 12.5 Å². The van der Waals surface area contributed by atoms with E-state index in [1.54, 1.807) is 48.5 Å². The maximum absolute atomic E-state index is 12.4. The summed E-state index contributed by atoms with van der Waals surface area (Å²) in [5.41, 5.74) is 5.83. The Labute approximate surface area is 226 Å². The number of hydrogen-bond donors (Lipinski definition) is 3. The number of methoxy groups -OCH3 is 1. The van der Waals surface area contributed by atoms with Gasteiger partial charge in [-0.25, -0.2) is 5.43 Å². The van der Waals surface area contributed by atoms with Crippen LogP contribution in [0.5, 0.6) is 17.2 Å². The average molecular weight is 531 g/mol. The van der Waals surface area contributed by atoms with Crippen molar-refractivity contribution in [2.24, 2.45) is 5.10 Å². The molecule has 3 amide bonds. The molecule has 0 saturated heterocycles. The maximum atomic E-state index is 12.4. The number of para-hydroxylation sites is 1. The molecule has 0 atom stereocenters. The van der Waals surface area contributed by atoms with E-state index in [2.05, 4.69) is 27.7 Å². The first kappa shape index (κ1) is 28.5. The van der Waals surface area contributed by atoms with Gasteiger partial charge in [0.2, 0.25) is 0 Å². The van der Waals surface area contributed by atoms with Gasteiger partial charge in [0.05, 0.1) is 13.3 Å². The van der Waals surface area contributed by atoms with Crippen LogP contribution in [0.2, 0.25) is 0 Å². The number of benzene rings is 3. The van der Waals surface area contributed by atoms with Crippen molar-refractivity contribution in [3.63, 3.8) is 0 Å². The number of hydrazone groups is 1. The zero-order valence-electron chi connectivity index (χ0n) is 21.9. The van der Waals surface area contributed by atoms with Crippen molar-refractivity contribution in [1.82, 2.24) is 5.43 Å². The van der Waals surface area contributed by atoms with Gasteiger partial charge < -0.3 is 24.8 Å². The Morgan fingerprint density at radius 2 is 1.62 bits per heavy atom. The van der Waals surface area contributed by atoms with E-state index in [9.17, 15) is 14.4 Å². The lowest BCUT2D eigenvalue weighted by atomic mass is 10.1. The van der Waals surface area contributed by atoms with E-state index in [4.69, 9.17) is 14.2 Å². The number of hydrogen-bond acceptors (Lipinski definition) is 7. The van der Waals surface area contributed by atoms with Crippen LogP contribution in [0.3, 0.4) is 0 Å². The monoisotopic (exact) mass is 530 g/mol. The molecule has 39 heavy (non-hydrogen) atoms. The number of ether oxygens (including phenoxy) is 3. The van der Waals surface area contributed by atoms with Crippen molar-refractivity contribution in [1.29, 1.82) is 0 Å². The molecule has 3 aromatic rings. The molecule has 0 aliphatic carbocycles. The lowest BCUT2D eigenvalue weighted by molar-refractivity contribution is -0.136. The number of amides is 3. The summed E-state index contributed by atoms with van der Waals surface area (Å²) in [6.45, 7) is 7.56. The van der Waals surface area contributed by atoms with Gasteiger partial charge in [0, 0.05) is 11.4 Å². The van der Waals surface area contributed by atoms with Crippen LogP contribution in [0.25, 0.3) is 0 Å². The average Bonchev–Trinajstić information content (AvgIpc) is 2.93. The largest absolute Gasteiger partial charge is 0.493 e. The summed E-state index contributed by atoms with van der Waals surface area (Å²) in [6, 6.07) is 17.2. The highest BCUT2D eigenvalue weighted by Gasteiger charge is 2.14. The highest BCUT2D eigenvalue weighted by Crippen LogP contribution is 2.28. The van der Waals surface area contributed by atoms with Gasteiger partial charge in [0.1, 0.15) is 12.4 Å². The molecule has 3 N–H and O–H groups in total. The molecule has 0 heterocycles. The summed E-state index contributed by atoms with van der Waals surface area (Å²) >= 11 is 0. The number of anilines is 2. The summed E-state index contributed by atoms with van der Waals surface area (Å²) in [5, 5.41) is 9.16. The molecule has 0 unspecified atom stereocenters. The second-order valence-electron chi connectivity index (χ2n) is 8.29. The highest BCUT2D eigenvalue weighted by molar-refractivity contribution is 6.39. The molecule has 0 radical (unpaired) electrons. The van der Waals surface area contributed by atoms with Crippen LogP contribution in [-0.4, -0.2) is 44.3 Å². The third-order valence-electron chi connectivity index (χ3n) is 5.36. The van der Waals surface area contributed by atoms with Gasteiger partial charge in [0.25, 0.3) is 5.91 Å². The van der Waals surface area contributed by atoms with Crippen molar-refractivity contribution >= 4 is 35.3 Å². The molecule has 0 bridgehead atoms. The second-order valence-corrected chi connectivity index (χ2v) is 8.29. The van der Waals surface area contributed by atoms with E-state index < -0.39 is 11.8 Å². The molecule has 0 aromatic heterocycles. The number of nitrogens with one attached hydrogen (secondary N) is 3. The molecule has 0 spiro atoms. The summed E-state index contributed by atoms with van der Waals surface area (Å²) in [4.78, 5) is 36.6. The molecule has 0 saturated carbocycles. The fourth-order valence-corrected chi connectivity index (χ4v) is 3.41. The topological polar surface area (TPSA) is 127 Å².